The van der Waals surface area contributed by atoms with Crippen molar-refractivity contribution in [3.8, 4) is 11.5 Å². The summed E-state index contributed by atoms with van der Waals surface area (Å²) >= 11 is 0. The van der Waals surface area contributed by atoms with E-state index in [0.29, 0.717) is 62.5 Å². The van der Waals surface area contributed by atoms with Gasteiger partial charge in [-0.05, 0) is 0 Å². The van der Waals surface area contributed by atoms with E-state index < -0.39 is 0 Å². The lowest BCUT2D eigenvalue weighted by Crippen LogP contribution is -2.22. The Bertz CT molecular complexity index is 1220. The van der Waals surface area contributed by atoms with Gasteiger partial charge in [-0.25, -0.2) is 9.97 Å². The Morgan fingerprint density at radius 2 is 1.17 bits per heavy atom. The maximum Gasteiger partial charge on any atom is 0.146 e. The molecule has 4 aromatic heterocycles. The molecule has 192 valence electrons. The van der Waals surface area contributed by atoms with Gasteiger partial charge in [-0.3, -0.25) is 0 Å². The molecule has 6 rings (SSSR count). The predicted octanol–water partition coefficient (Wildman–Crippen LogP) is 2.03. The maximum absolute atomic E-state index is 5.86. The van der Waals surface area contributed by atoms with Crippen LogP contribution in [0.5, 0.6) is 11.5 Å². The third-order valence-electron chi connectivity index (χ3n) is 5.94. The molecular weight excluding hydrogens is 468 g/mol. The first-order chi connectivity index (χ1) is 17.6. The molecule has 0 spiro atoms. The second kappa shape index (κ2) is 10.6. The Labute approximate surface area is 207 Å². The molecule has 0 bridgehead atoms. The first-order valence-corrected chi connectivity index (χ1v) is 11.6. The highest BCUT2D eigenvalue weighted by atomic mass is 16.6. The maximum atomic E-state index is 5.86. The molecule has 0 radical (unpaired) electrons. The van der Waals surface area contributed by atoms with Gasteiger partial charge in [-0.2, -0.15) is 0 Å². The van der Waals surface area contributed by atoms with Gasteiger partial charge in [0.2, 0.25) is 0 Å². The Balaban J connectivity index is 0.000000148. The minimum atomic E-state index is -0.106. The molecule has 12 nitrogen and oxygen atoms in total. The molecular formula is C24H30N6O6. The molecule has 6 heterocycles. The van der Waals surface area contributed by atoms with Crippen LogP contribution in [-0.4, -0.2) is 72.6 Å². The quantitative estimate of drug-likeness (QED) is 0.429. The summed E-state index contributed by atoms with van der Waals surface area (Å²) in [5.74, 6) is 1.25. The fourth-order valence-electron chi connectivity index (χ4n) is 4.08. The van der Waals surface area contributed by atoms with Gasteiger partial charge in [0.25, 0.3) is 0 Å². The van der Waals surface area contributed by atoms with Crippen LogP contribution in [0.4, 0.5) is 11.4 Å². The first kappa shape index (κ1) is 24.1. The van der Waals surface area contributed by atoms with Crippen LogP contribution in [0.3, 0.4) is 0 Å². The number of anilines is 2. The van der Waals surface area contributed by atoms with Crippen LogP contribution in [0.25, 0.3) is 11.3 Å². The molecule has 2 saturated heterocycles. The minimum absolute atomic E-state index is 0.106. The van der Waals surface area contributed by atoms with Crippen LogP contribution in [0.15, 0.2) is 36.9 Å². The third-order valence-corrected chi connectivity index (χ3v) is 5.94. The number of pyridine rings is 2. The first-order valence-electron chi connectivity index (χ1n) is 11.6. The fraction of sp³-hybridized carbons (Fsp3) is 0.417. The van der Waals surface area contributed by atoms with Gasteiger partial charge in [-0.1, -0.05) is 0 Å². The van der Waals surface area contributed by atoms with E-state index >= 15 is 0 Å². The largest absolute Gasteiger partial charge is 0.494 e. The summed E-state index contributed by atoms with van der Waals surface area (Å²) in [5.41, 5.74) is 16.1. The zero-order valence-corrected chi connectivity index (χ0v) is 20.3. The number of nitrogens with zero attached hydrogens (tertiary/aromatic N) is 4. The number of hydrogen-bond donors (Lipinski definition) is 2. The van der Waals surface area contributed by atoms with E-state index in [1.807, 2.05) is 33.3 Å². The molecule has 0 saturated carbocycles. The lowest BCUT2D eigenvalue weighted by molar-refractivity contribution is -0.0916. The number of hydrogen-bond acceptors (Lipinski definition) is 10. The van der Waals surface area contributed by atoms with E-state index in [-0.39, 0.29) is 12.2 Å². The summed E-state index contributed by atoms with van der Waals surface area (Å²) in [5, 5.41) is 0. The van der Waals surface area contributed by atoms with Crippen molar-refractivity contribution < 1.29 is 28.4 Å². The zero-order valence-electron chi connectivity index (χ0n) is 20.3. The Hall–Kier alpha value is -3.58. The summed E-state index contributed by atoms with van der Waals surface area (Å²) < 4.78 is 36.1. The molecule has 2 aliphatic rings. The van der Waals surface area contributed by atoms with Crippen molar-refractivity contribution >= 4 is 22.7 Å². The molecule has 2 fully saturated rings. The van der Waals surface area contributed by atoms with Crippen LogP contribution >= 0.6 is 0 Å². The van der Waals surface area contributed by atoms with Crippen molar-refractivity contribution in [2.45, 2.75) is 12.2 Å². The lowest BCUT2D eigenvalue weighted by Gasteiger charge is -2.20. The highest BCUT2D eigenvalue weighted by Crippen LogP contribution is 2.27. The summed E-state index contributed by atoms with van der Waals surface area (Å²) in [7, 11) is 3.17. The molecule has 0 aromatic carbocycles. The topological polar surface area (TPSA) is 142 Å². The Morgan fingerprint density at radius 1 is 0.722 bits per heavy atom. The van der Waals surface area contributed by atoms with E-state index in [1.54, 1.807) is 26.6 Å². The summed E-state index contributed by atoms with van der Waals surface area (Å²) in [6.07, 6.45) is 7.18. The van der Waals surface area contributed by atoms with Crippen LogP contribution < -0.4 is 20.9 Å². The smallest absolute Gasteiger partial charge is 0.146 e. The molecule has 0 aliphatic carbocycles. The minimum Gasteiger partial charge on any atom is -0.494 e. The summed E-state index contributed by atoms with van der Waals surface area (Å²) in [6.45, 7) is 3.57. The van der Waals surface area contributed by atoms with Gasteiger partial charge in [0.15, 0.2) is 0 Å². The van der Waals surface area contributed by atoms with Crippen molar-refractivity contribution in [2.24, 2.45) is 0 Å². The Morgan fingerprint density at radius 3 is 1.53 bits per heavy atom. The van der Waals surface area contributed by atoms with Crippen molar-refractivity contribution in [1.29, 1.82) is 0 Å². The summed E-state index contributed by atoms with van der Waals surface area (Å²) in [6, 6.07) is 3.62. The third kappa shape index (κ3) is 5.02. The molecule has 0 amide bonds. The number of fused-ring (bicyclic) bond motifs is 2. The second-order valence-electron chi connectivity index (χ2n) is 8.33. The fourth-order valence-corrected chi connectivity index (χ4v) is 4.08. The van der Waals surface area contributed by atoms with Gasteiger partial charge in [0.05, 0.1) is 76.6 Å². The summed E-state index contributed by atoms with van der Waals surface area (Å²) in [4.78, 5) is 9.02. The average molecular weight is 499 g/mol. The van der Waals surface area contributed by atoms with Crippen LogP contribution in [0, 0.1) is 0 Å². The second-order valence-corrected chi connectivity index (χ2v) is 8.33. The number of rotatable bonds is 4. The monoisotopic (exact) mass is 498 g/mol. The molecule has 12 heteroatoms. The van der Waals surface area contributed by atoms with Crippen molar-refractivity contribution in [3.05, 3.63) is 48.3 Å². The number of nitrogens with two attached hydrogens (primary N) is 2. The number of imidazole rings is 2. The molecule has 2 unspecified atom stereocenters. The predicted molar refractivity (Wildman–Crippen MR) is 131 cm³/mol. The normalized spacial score (nSPS) is 20.2. The highest BCUT2D eigenvalue weighted by Gasteiger charge is 2.21. The zero-order chi connectivity index (χ0) is 25.1. The average Bonchev–Trinajstić information content (AvgIpc) is 3.52. The van der Waals surface area contributed by atoms with Gasteiger partial charge in [0, 0.05) is 36.9 Å². The molecule has 4 aromatic rings. The van der Waals surface area contributed by atoms with Gasteiger partial charge in [-0.15, -0.1) is 0 Å². The van der Waals surface area contributed by atoms with E-state index in [9.17, 15) is 0 Å². The van der Waals surface area contributed by atoms with Crippen molar-refractivity contribution in [1.82, 2.24) is 18.8 Å². The van der Waals surface area contributed by atoms with Crippen molar-refractivity contribution in [2.75, 3.05) is 65.3 Å². The molecule has 4 N–H and O–H groups in total. The van der Waals surface area contributed by atoms with Crippen LogP contribution in [0.2, 0.25) is 0 Å². The van der Waals surface area contributed by atoms with Gasteiger partial charge in [0.1, 0.15) is 35.0 Å². The van der Waals surface area contributed by atoms with E-state index in [4.69, 9.17) is 39.9 Å². The standard InChI is InChI=1S/2C12H15N3O3/c2*1-16-10-4-12-14-9(6-15(12)5-8(10)13)11-7-17-2-3-18-11/h2*4-6,11H,2-3,7,13H2,1H3. The number of aromatic nitrogens is 4. The lowest BCUT2D eigenvalue weighted by atomic mass is 10.3. The number of methoxy groups -OCH3 is 2. The van der Waals surface area contributed by atoms with Gasteiger partial charge < -0.3 is 48.7 Å². The molecule has 36 heavy (non-hydrogen) atoms. The van der Waals surface area contributed by atoms with E-state index in [1.165, 1.54) is 0 Å². The molecule has 2 atom stereocenters. The highest BCUT2D eigenvalue weighted by molar-refractivity contribution is 5.60. The number of ether oxygens (including phenoxy) is 6. The SMILES string of the molecule is COc1cc2nc(C3COCCO3)cn2cc1N.COc1cc2nc(C3COCCO3)cn2cc1N. The number of nitrogen functional groups attached to an aromatic ring is 2. The van der Waals surface area contributed by atoms with Gasteiger partial charge >= 0.3 is 0 Å². The van der Waals surface area contributed by atoms with Crippen molar-refractivity contribution in [3.63, 3.8) is 0 Å². The van der Waals surface area contributed by atoms with Crippen LogP contribution in [0.1, 0.15) is 23.6 Å². The van der Waals surface area contributed by atoms with E-state index in [2.05, 4.69) is 9.97 Å². The molecule has 2 aliphatic heterocycles. The van der Waals surface area contributed by atoms with Crippen LogP contribution in [-0.2, 0) is 18.9 Å². The Kier molecular flexibility index (Phi) is 7.09. The van der Waals surface area contributed by atoms with E-state index in [0.717, 1.165) is 22.7 Å².